The van der Waals surface area contributed by atoms with Gasteiger partial charge >= 0.3 is 13.8 Å². The lowest BCUT2D eigenvalue weighted by Crippen LogP contribution is -2.27. The molecule has 3 N–H and O–H groups in total. The summed E-state index contributed by atoms with van der Waals surface area (Å²) in [5, 5.41) is 12.3. The molecule has 1 amide bonds. The summed E-state index contributed by atoms with van der Waals surface area (Å²) < 4.78 is 26.2. The van der Waals surface area contributed by atoms with Gasteiger partial charge in [-0.3, -0.25) is 18.6 Å². The molecule has 0 fully saturated rings. The molecular formula is C27H50NO8P. The summed E-state index contributed by atoms with van der Waals surface area (Å²) in [6, 6.07) is 0. The van der Waals surface area contributed by atoms with Gasteiger partial charge in [0.2, 0.25) is 5.91 Å². The van der Waals surface area contributed by atoms with Crippen molar-refractivity contribution in [3.8, 4) is 0 Å². The van der Waals surface area contributed by atoms with Gasteiger partial charge in [0, 0.05) is 19.4 Å². The molecule has 0 aliphatic heterocycles. The van der Waals surface area contributed by atoms with Crippen molar-refractivity contribution in [3.05, 3.63) is 24.3 Å². The Hall–Kier alpha value is -1.51. The van der Waals surface area contributed by atoms with Gasteiger partial charge in [0.15, 0.2) is 0 Å². The van der Waals surface area contributed by atoms with Crippen LogP contribution in [0.25, 0.3) is 0 Å². The predicted octanol–water partition coefficient (Wildman–Crippen LogP) is 5.75. The van der Waals surface area contributed by atoms with Crippen molar-refractivity contribution >= 4 is 19.7 Å². The molecule has 9 nitrogen and oxygen atoms in total. The summed E-state index contributed by atoms with van der Waals surface area (Å²) in [5.41, 5.74) is 0. The van der Waals surface area contributed by atoms with E-state index in [0.717, 1.165) is 51.4 Å². The number of hydrogen-bond donors (Lipinski definition) is 3. The molecule has 10 heteroatoms. The van der Waals surface area contributed by atoms with E-state index in [0.29, 0.717) is 12.8 Å². The highest BCUT2D eigenvalue weighted by Crippen LogP contribution is 2.42. The molecule has 0 aliphatic carbocycles. The Labute approximate surface area is 223 Å². The Bertz CT molecular complexity index is 683. The van der Waals surface area contributed by atoms with Gasteiger partial charge in [0.1, 0.15) is 12.7 Å². The van der Waals surface area contributed by atoms with E-state index in [-0.39, 0.29) is 32.1 Å². The topological polar surface area (TPSA) is 131 Å². The van der Waals surface area contributed by atoms with Crippen molar-refractivity contribution in [2.45, 2.75) is 110 Å². The van der Waals surface area contributed by atoms with E-state index in [1.165, 1.54) is 19.3 Å². The molecule has 0 aromatic rings. The molecule has 0 rings (SSSR count). The average Bonchev–Trinajstić information content (AvgIpc) is 2.87. The summed E-state index contributed by atoms with van der Waals surface area (Å²) in [5.74, 6) is -0.572. The van der Waals surface area contributed by atoms with Crippen LogP contribution in [0.2, 0.25) is 0 Å². The van der Waals surface area contributed by atoms with Crippen LogP contribution in [0.4, 0.5) is 0 Å². The number of hydrogen-bond acceptors (Lipinski definition) is 7. The van der Waals surface area contributed by atoms with Gasteiger partial charge in [-0.1, -0.05) is 76.7 Å². The van der Waals surface area contributed by atoms with Gasteiger partial charge < -0.3 is 20.1 Å². The van der Waals surface area contributed by atoms with E-state index in [4.69, 9.17) is 13.8 Å². The summed E-state index contributed by atoms with van der Waals surface area (Å²) in [7, 11) is -4.38. The predicted molar refractivity (Wildman–Crippen MR) is 146 cm³/mol. The zero-order chi connectivity index (χ0) is 27.6. The lowest BCUT2D eigenvalue weighted by atomic mass is 10.1. The minimum Gasteiger partial charge on any atom is -0.463 e. The number of ether oxygens (including phenoxy) is 1. The first-order valence-electron chi connectivity index (χ1n) is 13.8. The van der Waals surface area contributed by atoms with Gasteiger partial charge in [-0.15, -0.1) is 0 Å². The second-order valence-electron chi connectivity index (χ2n) is 9.02. The number of carbonyl (C=O) groups is 2. The molecule has 216 valence electrons. The first-order chi connectivity index (χ1) is 17.8. The highest BCUT2D eigenvalue weighted by Gasteiger charge is 2.23. The Balaban J connectivity index is 3.65. The molecule has 0 radical (unpaired) electrons. The van der Waals surface area contributed by atoms with Gasteiger partial charge in [0.05, 0.1) is 13.2 Å². The van der Waals surface area contributed by atoms with Crippen molar-refractivity contribution < 1.29 is 37.9 Å². The van der Waals surface area contributed by atoms with Crippen LogP contribution in [0, 0.1) is 0 Å². The number of aliphatic hydroxyl groups excluding tert-OH is 1. The van der Waals surface area contributed by atoms with E-state index in [2.05, 4.69) is 36.5 Å². The fourth-order valence-electron chi connectivity index (χ4n) is 3.19. The van der Waals surface area contributed by atoms with E-state index < -0.39 is 26.5 Å². The first kappa shape index (κ1) is 35.5. The standard InChI is InChI=1S/C27H50NO8P/c1-3-5-7-8-9-10-11-12-13-14-15-16-17-18-19-26(30)28-21-22-35-37(32,33)36-24-25(29)23-34-27(31)20-6-4-2/h8-9,11-12,25,29H,3-7,10,13-24H2,1-2H3,(H,28,30)(H,32,33)/b9-8-,12-11-. The maximum Gasteiger partial charge on any atom is 0.472 e. The number of allylic oxidation sites excluding steroid dienone is 4. The summed E-state index contributed by atoms with van der Waals surface area (Å²) >= 11 is 0. The number of esters is 1. The molecule has 0 aliphatic rings. The number of phosphoric ester groups is 1. The molecule has 0 spiro atoms. The summed E-state index contributed by atoms with van der Waals surface area (Å²) in [6.07, 6.45) is 20.8. The van der Waals surface area contributed by atoms with Crippen molar-refractivity contribution in [1.29, 1.82) is 0 Å². The van der Waals surface area contributed by atoms with E-state index in [1.807, 2.05) is 6.92 Å². The average molecular weight is 548 g/mol. The van der Waals surface area contributed by atoms with Crippen molar-refractivity contribution in [1.82, 2.24) is 5.32 Å². The number of nitrogens with one attached hydrogen (secondary N) is 1. The second kappa shape index (κ2) is 24.8. The quantitative estimate of drug-likeness (QED) is 0.0569. The van der Waals surface area contributed by atoms with Crippen LogP contribution in [0.3, 0.4) is 0 Å². The third kappa shape index (κ3) is 25.9. The second-order valence-corrected chi connectivity index (χ2v) is 10.5. The Morgan fingerprint density at radius 1 is 0.838 bits per heavy atom. The monoisotopic (exact) mass is 547 g/mol. The molecule has 0 saturated carbocycles. The Kier molecular flexibility index (Phi) is 23.8. The van der Waals surface area contributed by atoms with Crippen LogP contribution in [0.15, 0.2) is 24.3 Å². The molecule has 37 heavy (non-hydrogen) atoms. The van der Waals surface area contributed by atoms with Gasteiger partial charge in [0.25, 0.3) is 0 Å². The van der Waals surface area contributed by atoms with Crippen LogP contribution in [-0.4, -0.2) is 54.3 Å². The van der Waals surface area contributed by atoms with E-state index >= 15 is 0 Å². The van der Waals surface area contributed by atoms with E-state index in [9.17, 15) is 24.2 Å². The zero-order valence-corrected chi connectivity index (χ0v) is 23.8. The van der Waals surface area contributed by atoms with Gasteiger partial charge in [-0.2, -0.15) is 0 Å². The zero-order valence-electron chi connectivity index (χ0n) is 22.9. The van der Waals surface area contributed by atoms with Crippen LogP contribution < -0.4 is 5.32 Å². The molecule has 0 saturated heterocycles. The molecule has 0 aromatic heterocycles. The smallest absolute Gasteiger partial charge is 0.463 e. The largest absolute Gasteiger partial charge is 0.472 e. The number of rotatable bonds is 25. The highest BCUT2D eigenvalue weighted by molar-refractivity contribution is 7.47. The fraction of sp³-hybridized carbons (Fsp3) is 0.778. The Morgan fingerprint density at radius 3 is 2.19 bits per heavy atom. The first-order valence-corrected chi connectivity index (χ1v) is 15.3. The van der Waals surface area contributed by atoms with Crippen molar-refractivity contribution in [2.24, 2.45) is 0 Å². The van der Waals surface area contributed by atoms with Crippen LogP contribution >= 0.6 is 7.82 Å². The maximum absolute atomic E-state index is 11.9. The molecule has 2 unspecified atom stereocenters. The minimum atomic E-state index is -4.38. The number of aliphatic hydroxyl groups is 1. The molecule has 2 atom stereocenters. The van der Waals surface area contributed by atoms with Crippen molar-refractivity contribution in [3.63, 3.8) is 0 Å². The third-order valence-corrected chi connectivity index (χ3v) is 6.37. The lowest BCUT2D eigenvalue weighted by Gasteiger charge is -2.15. The van der Waals surface area contributed by atoms with Crippen molar-refractivity contribution in [2.75, 3.05) is 26.4 Å². The molecule has 0 heterocycles. The summed E-state index contributed by atoms with van der Waals surface area (Å²) in [4.78, 5) is 32.9. The highest BCUT2D eigenvalue weighted by atomic mass is 31.2. The minimum absolute atomic E-state index is 0.0739. The number of carbonyl (C=O) groups excluding carboxylic acids is 2. The molecular weight excluding hydrogens is 497 g/mol. The molecule has 0 bridgehead atoms. The third-order valence-electron chi connectivity index (χ3n) is 5.38. The van der Waals surface area contributed by atoms with Crippen LogP contribution in [0.1, 0.15) is 104 Å². The maximum atomic E-state index is 11.9. The van der Waals surface area contributed by atoms with Gasteiger partial charge in [-0.25, -0.2) is 4.57 Å². The van der Waals surface area contributed by atoms with Gasteiger partial charge in [-0.05, 0) is 38.5 Å². The van der Waals surface area contributed by atoms with Crippen LogP contribution in [-0.2, 0) is 27.9 Å². The van der Waals surface area contributed by atoms with Crippen LogP contribution in [0.5, 0.6) is 0 Å². The van der Waals surface area contributed by atoms with E-state index in [1.54, 1.807) is 0 Å². The molecule has 0 aromatic carbocycles. The fourth-order valence-corrected chi connectivity index (χ4v) is 3.95. The SMILES string of the molecule is CCCC/C=C\C/C=C\CCCCCCCC(=O)NCCOP(=O)(O)OCC(O)COC(=O)CCCC. The number of phosphoric acid groups is 1. The number of unbranched alkanes of at least 4 members (excludes halogenated alkanes) is 8. The Morgan fingerprint density at radius 2 is 1.49 bits per heavy atom. The number of amides is 1. The lowest BCUT2D eigenvalue weighted by molar-refractivity contribution is -0.147. The normalized spacial score (nSPS) is 14.2. The summed E-state index contributed by atoms with van der Waals surface area (Å²) in [6.45, 7) is 3.17.